The minimum absolute atomic E-state index is 0.0973. The van der Waals surface area contributed by atoms with E-state index >= 15 is 0 Å². The molecule has 21 heavy (non-hydrogen) atoms. The number of rotatable bonds is 4. The highest BCUT2D eigenvalue weighted by Crippen LogP contribution is 2.27. The molecule has 7 heteroatoms. The third kappa shape index (κ3) is 3.91. The minimum Gasteiger partial charge on any atom is -0.207 e. The number of benzene rings is 2. The fraction of sp³-hybridized carbons (Fsp3) is 0.143. The fourth-order valence-electron chi connectivity index (χ4n) is 1.87. The minimum atomic E-state index is -3.77. The topological polar surface area (TPSA) is 46.2 Å². The first kappa shape index (κ1) is 16.6. The summed E-state index contributed by atoms with van der Waals surface area (Å²) in [5, 5.41) is 0. The molecule has 1 unspecified atom stereocenters. The van der Waals surface area contributed by atoms with E-state index in [0.717, 1.165) is 0 Å². The monoisotopic (exact) mass is 435 g/mol. The molecule has 0 heterocycles. The lowest BCUT2D eigenvalue weighted by atomic mass is 10.1. The maximum atomic E-state index is 13.7. The Kier molecular flexibility index (Phi) is 5.19. The zero-order valence-corrected chi connectivity index (χ0v) is 15.0. The van der Waals surface area contributed by atoms with Gasteiger partial charge in [-0.2, -0.15) is 0 Å². The molecule has 0 fully saturated rings. The summed E-state index contributed by atoms with van der Waals surface area (Å²) in [4.78, 5) is 0.0973. The molecule has 2 aromatic rings. The summed E-state index contributed by atoms with van der Waals surface area (Å²) in [6.45, 7) is 1.60. The van der Waals surface area contributed by atoms with Gasteiger partial charge in [0.2, 0.25) is 10.0 Å². The number of nitrogens with one attached hydrogen (secondary N) is 1. The molecule has 0 bridgehead atoms. The van der Waals surface area contributed by atoms with Crippen LogP contribution in [0.25, 0.3) is 0 Å². The molecule has 112 valence electrons. The SMILES string of the molecule is CC(NS(=O)(=O)c1cc(Br)ccc1Br)c1ccccc1F. The molecule has 0 saturated heterocycles. The van der Waals surface area contributed by atoms with Crippen LogP contribution >= 0.6 is 31.9 Å². The normalized spacial score (nSPS) is 13.1. The first-order valence-corrected chi connectivity index (χ1v) is 9.10. The van der Waals surface area contributed by atoms with Crippen molar-refractivity contribution in [1.82, 2.24) is 4.72 Å². The van der Waals surface area contributed by atoms with Crippen molar-refractivity contribution in [2.75, 3.05) is 0 Å². The highest BCUT2D eigenvalue weighted by atomic mass is 79.9. The van der Waals surface area contributed by atoms with Gasteiger partial charge in [-0.05, 0) is 47.1 Å². The predicted octanol–water partition coefficient (Wildman–Crippen LogP) is 4.39. The molecule has 1 atom stereocenters. The molecule has 0 amide bonds. The fourth-order valence-corrected chi connectivity index (χ4v) is 4.59. The Balaban J connectivity index is 2.34. The van der Waals surface area contributed by atoms with Crippen molar-refractivity contribution in [3.05, 3.63) is 62.8 Å². The zero-order chi connectivity index (χ0) is 15.6. The maximum Gasteiger partial charge on any atom is 0.242 e. The molecule has 2 rings (SSSR count). The molecule has 0 aliphatic carbocycles. The zero-order valence-electron chi connectivity index (χ0n) is 11.0. The summed E-state index contributed by atoms with van der Waals surface area (Å²) >= 11 is 6.45. The Morgan fingerprint density at radius 1 is 1.14 bits per heavy atom. The average Bonchev–Trinajstić information content (AvgIpc) is 2.41. The Bertz CT molecular complexity index is 765. The molecule has 3 nitrogen and oxygen atoms in total. The van der Waals surface area contributed by atoms with Crippen LogP contribution in [-0.4, -0.2) is 8.42 Å². The van der Waals surface area contributed by atoms with Crippen LogP contribution in [-0.2, 0) is 10.0 Å². The van der Waals surface area contributed by atoms with Gasteiger partial charge in [0.05, 0.1) is 4.90 Å². The highest BCUT2D eigenvalue weighted by molar-refractivity contribution is 9.11. The largest absolute Gasteiger partial charge is 0.242 e. The smallest absolute Gasteiger partial charge is 0.207 e. The van der Waals surface area contributed by atoms with Gasteiger partial charge in [-0.25, -0.2) is 17.5 Å². The van der Waals surface area contributed by atoms with Crippen molar-refractivity contribution in [3.8, 4) is 0 Å². The van der Waals surface area contributed by atoms with E-state index in [1.807, 2.05) is 0 Å². The van der Waals surface area contributed by atoms with Crippen LogP contribution in [0.1, 0.15) is 18.5 Å². The van der Waals surface area contributed by atoms with E-state index in [4.69, 9.17) is 0 Å². The van der Waals surface area contributed by atoms with Crippen molar-refractivity contribution < 1.29 is 12.8 Å². The second-order valence-corrected chi connectivity index (χ2v) is 7.89. The summed E-state index contributed by atoms with van der Waals surface area (Å²) in [6, 6.07) is 10.2. The van der Waals surface area contributed by atoms with E-state index in [2.05, 4.69) is 36.6 Å². The molecular weight excluding hydrogens is 425 g/mol. The van der Waals surface area contributed by atoms with Gasteiger partial charge in [0.1, 0.15) is 5.82 Å². The van der Waals surface area contributed by atoms with Crippen molar-refractivity contribution in [2.24, 2.45) is 0 Å². The van der Waals surface area contributed by atoms with Gasteiger partial charge in [0.15, 0.2) is 0 Å². The van der Waals surface area contributed by atoms with Gasteiger partial charge >= 0.3 is 0 Å². The van der Waals surface area contributed by atoms with Crippen LogP contribution in [0.3, 0.4) is 0 Å². The van der Waals surface area contributed by atoms with E-state index in [1.54, 1.807) is 37.3 Å². The van der Waals surface area contributed by atoms with Gasteiger partial charge < -0.3 is 0 Å². The van der Waals surface area contributed by atoms with Gasteiger partial charge in [-0.1, -0.05) is 34.1 Å². The van der Waals surface area contributed by atoms with Gasteiger partial charge in [-0.15, -0.1) is 0 Å². The molecule has 0 radical (unpaired) electrons. The quantitative estimate of drug-likeness (QED) is 0.772. The second kappa shape index (κ2) is 6.56. The van der Waals surface area contributed by atoms with Crippen LogP contribution in [0.5, 0.6) is 0 Å². The van der Waals surface area contributed by atoms with Gasteiger partial charge in [0.25, 0.3) is 0 Å². The van der Waals surface area contributed by atoms with E-state index in [9.17, 15) is 12.8 Å². The number of hydrogen-bond acceptors (Lipinski definition) is 2. The Morgan fingerprint density at radius 2 is 1.81 bits per heavy atom. The van der Waals surface area contributed by atoms with Crippen LogP contribution in [0.4, 0.5) is 4.39 Å². The summed E-state index contributed by atoms with van der Waals surface area (Å²) in [5.74, 6) is -0.444. The van der Waals surface area contributed by atoms with E-state index < -0.39 is 21.9 Å². The Hall–Kier alpha value is -0.760. The van der Waals surface area contributed by atoms with E-state index in [1.165, 1.54) is 12.1 Å². The van der Waals surface area contributed by atoms with E-state index in [0.29, 0.717) is 14.5 Å². The Labute approximate surface area is 139 Å². The highest BCUT2D eigenvalue weighted by Gasteiger charge is 2.22. The summed E-state index contributed by atoms with van der Waals surface area (Å²) in [6.07, 6.45) is 0. The first-order chi connectivity index (χ1) is 9.81. The third-order valence-electron chi connectivity index (χ3n) is 2.89. The third-order valence-corrected chi connectivity index (χ3v) is 5.91. The number of hydrogen-bond donors (Lipinski definition) is 1. The predicted molar refractivity (Wildman–Crippen MR) is 87.0 cm³/mol. The number of sulfonamides is 1. The van der Waals surface area contributed by atoms with Crippen LogP contribution in [0.15, 0.2) is 56.3 Å². The molecule has 1 N–H and O–H groups in total. The second-order valence-electron chi connectivity index (χ2n) is 4.44. The lowest BCUT2D eigenvalue weighted by molar-refractivity contribution is 0.549. The molecule has 0 aliphatic heterocycles. The lowest BCUT2D eigenvalue weighted by Gasteiger charge is -2.16. The maximum absolute atomic E-state index is 13.7. The molecule has 0 aromatic heterocycles. The Morgan fingerprint density at radius 3 is 2.48 bits per heavy atom. The van der Waals surface area contributed by atoms with Crippen LogP contribution in [0, 0.1) is 5.82 Å². The van der Waals surface area contributed by atoms with Crippen molar-refractivity contribution in [3.63, 3.8) is 0 Å². The summed E-state index contributed by atoms with van der Waals surface area (Å²) in [5.41, 5.74) is 0.298. The summed E-state index contributed by atoms with van der Waals surface area (Å²) in [7, 11) is -3.77. The number of halogens is 3. The lowest BCUT2D eigenvalue weighted by Crippen LogP contribution is -2.27. The molecule has 2 aromatic carbocycles. The first-order valence-electron chi connectivity index (χ1n) is 6.03. The molecular formula is C14H12Br2FNO2S. The molecule has 0 spiro atoms. The summed E-state index contributed by atoms with van der Waals surface area (Å²) < 4.78 is 42.1. The molecule has 0 aliphatic rings. The molecule has 0 saturated carbocycles. The standard InChI is InChI=1S/C14H12Br2FNO2S/c1-9(11-4-2-3-5-13(11)17)18-21(19,20)14-8-10(15)6-7-12(14)16/h2-9,18H,1H3. The van der Waals surface area contributed by atoms with Crippen molar-refractivity contribution in [1.29, 1.82) is 0 Å². The van der Waals surface area contributed by atoms with Gasteiger partial charge in [-0.3, -0.25) is 0 Å². The van der Waals surface area contributed by atoms with Crippen LogP contribution in [0.2, 0.25) is 0 Å². The van der Waals surface area contributed by atoms with Gasteiger partial charge in [0, 0.05) is 20.6 Å². The van der Waals surface area contributed by atoms with Crippen LogP contribution < -0.4 is 4.72 Å². The van der Waals surface area contributed by atoms with Crippen molar-refractivity contribution in [2.45, 2.75) is 17.9 Å². The van der Waals surface area contributed by atoms with Crippen molar-refractivity contribution >= 4 is 41.9 Å². The average molecular weight is 437 g/mol. The van der Waals surface area contributed by atoms with E-state index in [-0.39, 0.29) is 4.90 Å².